The van der Waals surface area contributed by atoms with Crippen molar-refractivity contribution in [3.8, 4) is 0 Å². The van der Waals surface area contributed by atoms with Crippen molar-refractivity contribution in [1.82, 2.24) is 10.6 Å². The van der Waals surface area contributed by atoms with Crippen molar-refractivity contribution in [2.75, 3.05) is 0 Å². The second kappa shape index (κ2) is 4.14. The average Bonchev–Trinajstić information content (AvgIpc) is 2.59. The number of hydrogen-bond acceptors (Lipinski definition) is 3. The first-order chi connectivity index (χ1) is 7.66. The first-order valence-corrected chi connectivity index (χ1v) is 4.86. The van der Waals surface area contributed by atoms with Gasteiger partial charge >= 0.3 is 0 Å². The summed E-state index contributed by atoms with van der Waals surface area (Å²) in [6.07, 6.45) is 0.0113. The molecular formula is C11H10N2O3. The Bertz CT molecular complexity index is 442. The molecule has 0 aliphatic carbocycles. The van der Waals surface area contributed by atoms with E-state index in [9.17, 15) is 14.4 Å². The normalized spacial score (nSPS) is 19.4. The summed E-state index contributed by atoms with van der Waals surface area (Å²) in [6.45, 7) is 0. The minimum Gasteiger partial charge on any atom is -0.340 e. The molecule has 0 saturated carbocycles. The summed E-state index contributed by atoms with van der Waals surface area (Å²) in [6, 6.07) is 7.79. The third-order valence-electron chi connectivity index (χ3n) is 2.31. The number of benzene rings is 1. The lowest BCUT2D eigenvalue weighted by Crippen LogP contribution is -2.40. The minimum atomic E-state index is -0.750. The fraction of sp³-hybridized carbons (Fsp3) is 0.182. The number of carbonyl (C=O) groups excluding carboxylic acids is 3. The van der Waals surface area contributed by atoms with Gasteiger partial charge in [-0.05, 0) is 12.1 Å². The van der Waals surface area contributed by atoms with Crippen LogP contribution in [0.2, 0.25) is 0 Å². The van der Waals surface area contributed by atoms with Crippen LogP contribution in [-0.2, 0) is 9.59 Å². The van der Waals surface area contributed by atoms with E-state index in [0.29, 0.717) is 5.56 Å². The molecule has 1 atom stereocenters. The van der Waals surface area contributed by atoms with Crippen molar-refractivity contribution < 1.29 is 14.4 Å². The van der Waals surface area contributed by atoms with E-state index in [2.05, 4.69) is 10.6 Å². The lowest BCUT2D eigenvalue weighted by molar-refractivity contribution is -0.125. The quantitative estimate of drug-likeness (QED) is 0.677. The molecule has 3 amide bonds. The number of imide groups is 1. The smallest absolute Gasteiger partial charge is 0.251 e. The van der Waals surface area contributed by atoms with Crippen LogP contribution < -0.4 is 10.6 Å². The number of rotatable bonds is 2. The highest BCUT2D eigenvalue weighted by atomic mass is 16.2. The molecule has 2 rings (SSSR count). The summed E-state index contributed by atoms with van der Waals surface area (Å²) in [5, 5.41) is 4.63. The van der Waals surface area contributed by atoms with Crippen LogP contribution in [0.15, 0.2) is 30.3 Å². The van der Waals surface area contributed by atoms with Crippen LogP contribution in [0, 0.1) is 0 Å². The van der Waals surface area contributed by atoms with E-state index >= 15 is 0 Å². The van der Waals surface area contributed by atoms with Crippen molar-refractivity contribution in [2.24, 2.45) is 0 Å². The van der Waals surface area contributed by atoms with Gasteiger partial charge in [0.1, 0.15) is 6.04 Å². The molecule has 1 saturated heterocycles. The first-order valence-electron chi connectivity index (χ1n) is 4.86. The molecule has 0 unspecified atom stereocenters. The molecule has 82 valence electrons. The molecule has 0 radical (unpaired) electrons. The van der Waals surface area contributed by atoms with Gasteiger partial charge < -0.3 is 5.32 Å². The van der Waals surface area contributed by atoms with Gasteiger partial charge in [-0.1, -0.05) is 18.2 Å². The molecule has 1 heterocycles. The zero-order valence-corrected chi connectivity index (χ0v) is 8.40. The summed E-state index contributed by atoms with van der Waals surface area (Å²) in [5.41, 5.74) is 0.467. The number of amides is 3. The molecule has 0 aromatic heterocycles. The fourth-order valence-corrected chi connectivity index (χ4v) is 1.50. The Morgan fingerprint density at radius 1 is 1.25 bits per heavy atom. The molecule has 5 nitrogen and oxygen atoms in total. The van der Waals surface area contributed by atoms with Crippen LogP contribution in [0.25, 0.3) is 0 Å². The van der Waals surface area contributed by atoms with Gasteiger partial charge in [0.15, 0.2) is 0 Å². The van der Waals surface area contributed by atoms with Gasteiger partial charge in [0.25, 0.3) is 5.91 Å². The van der Waals surface area contributed by atoms with Gasteiger partial charge in [-0.2, -0.15) is 0 Å². The van der Waals surface area contributed by atoms with Crippen LogP contribution in [0.1, 0.15) is 16.8 Å². The van der Waals surface area contributed by atoms with E-state index < -0.39 is 11.9 Å². The molecule has 1 aromatic carbocycles. The first kappa shape index (κ1) is 10.4. The van der Waals surface area contributed by atoms with Gasteiger partial charge in [0.2, 0.25) is 11.8 Å². The van der Waals surface area contributed by atoms with Crippen molar-refractivity contribution in [1.29, 1.82) is 0 Å². The predicted octanol–water partition coefficient (Wildman–Crippen LogP) is -0.169. The van der Waals surface area contributed by atoms with Gasteiger partial charge in [-0.3, -0.25) is 19.7 Å². The van der Waals surface area contributed by atoms with E-state index in [1.807, 2.05) is 0 Å². The molecule has 1 aliphatic heterocycles. The lowest BCUT2D eigenvalue weighted by Gasteiger charge is -2.08. The largest absolute Gasteiger partial charge is 0.340 e. The van der Waals surface area contributed by atoms with Crippen molar-refractivity contribution in [3.05, 3.63) is 35.9 Å². The summed E-state index contributed by atoms with van der Waals surface area (Å²) in [5.74, 6) is -1.16. The predicted molar refractivity (Wildman–Crippen MR) is 55.5 cm³/mol. The lowest BCUT2D eigenvalue weighted by atomic mass is 10.2. The second-order valence-electron chi connectivity index (χ2n) is 3.51. The van der Waals surface area contributed by atoms with Gasteiger partial charge in [0.05, 0.1) is 6.42 Å². The molecular weight excluding hydrogens is 208 g/mol. The molecule has 0 bridgehead atoms. The van der Waals surface area contributed by atoms with Crippen LogP contribution >= 0.6 is 0 Å². The SMILES string of the molecule is O=C1C[C@H](NC(=O)c2ccccc2)C(=O)N1. The van der Waals surface area contributed by atoms with Crippen LogP contribution in [0.4, 0.5) is 0 Å². The van der Waals surface area contributed by atoms with Gasteiger partial charge in [-0.25, -0.2) is 0 Å². The molecule has 1 aromatic rings. The Morgan fingerprint density at radius 2 is 1.94 bits per heavy atom. The minimum absolute atomic E-state index is 0.0113. The highest BCUT2D eigenvalue weighted by Gasteiger charge is 2.31. The zero-order valence-electron chi connectivity index (χ0n) is 8.40. The highest BCUT2D eigenvalue weighted by Crippen LogP contribution is 2.04. The summed E-state index contributed by atoms with van der Waals surface area (Å²) >= 11 is 0. The van der Waals surface area contributed by atoms with Crippen molar-refractivity contribution in [2.45, 2.75) is 12.5 Å². The van der Waals surface area contributed by atoms with Crippen molar-refractivity contribution >= 4 is 17.7 Å². The zero-order chi connectivity index (χ0) is 11.5. The van der Waals surface area contributed by atoms with Gasteiger partial charge in [0, 0.05) is 5.56 Å². The average molecular weight is 218 g/mol. The number of hydrogen-bond donors (Lipinski definition) is 2. The van der Waals surface area contributed by atoms with E-state index in [1.54, 1.807) is 30.3 Å². The Kier molecular flexibility index (Phi) is 2.68. The maximum atomic E-state index is 11.7. The summed E-state index contributed by atoms with van der Waals surface area (Å²) in [7, 11) is 0. The molecule has 2 N–H and O–H groups in total. The van der Waals surface area contributed by atoms with E-state index in [1.165, 1.54) is 0 Å². The Labute approximate surface area is 91.8 Å². The molecule has 0 spiro atoms. The molecule has 1 fully saturated rings. The third-order valence-corrected chi connectivity index (χ3v) is 2.31. The van der Waals surface area contributed by atoms with Crippen LogP contribution in [0.3, 0.4) is 0 Å². The second-order valence-corrected chi connectivity index (χ2v) is 3.51. The van der Waals surface area contributed by atoms with Crippen LogP contribution in [-0.4, -0.2) is 23.8 Å². The Hall–Kier alpha value is -2.17. The monoisotopic (exact) mass is 218 g/mol. The van der Waals surface area contributed by atoms with E-state index in [-0.39, 0.29) is 18.2 Å². The molecule has 16 heavy (non-hydrogen) atoms. The fourth-order valence-electron chi connectivity index (χ4n) is 1.50. The summed E-state index contributed by atoms with van der Waals surface area (Å²) in [4.78, 5) is 33.8. The maximum Gasteiger partial charge on any atom is 0.251 e. The topological polar surface area (TPSA) is 75.3 Å². The number of carbonyl (C=O) groups is 3. The van der Waals surface area contributed by atoms with Crippen molar-refractivity contribution in [3.63, 3.8) is 0 Å². The van der Waals surface area contributed by atoms with E-state index in [0.717, 1.165) is 0 Å². The van der Waals surface area contributed by atoms with Gasteiger partial charge in [-0.15, -0.1) is 0 Å². The summed E-state index contributed by atoms with van der Waals surface area (Å²) < 4.78 is 0. The third kappa shape index (κ3) is 2.08. The Morgan fingerprint density at radius 3 is 2.50 bits per heavy atom. The Balaban J connectivity index is 2.03. The molecule has 1 aliphatic rings. The van der Waals surface area contributed by atoms with Crippen LogP contribution in [0.5, 0.6) is 0 Å². The number of nitrogens with one attached hydrogen (secondary N) is 2. The molecule has 5 heteroatoms. The highest BCUT2D eigenvalue weighted by molar-refractivity contribution is 6.08. The standard InChI is InChI=1S/C11H10N2O3/c14-9-6-8(11(16)13-9)12-10(15)7-4-2-1-3-5-7/h1-5,8H,6H2,(H,12,15)(H,13,14,16)/t8-/m0/s1. The maximum absolute atomic E-state index is 11.7. The van der Waals surface area contributed by atoms with E-state index in [4.69, 9.17) is 0 Å².